The number of hydrogen-bond donors (Lipinski definition) is 3. The zero-order valence-electron chi connectivity index (χ0n) is 9.45. The topological polar surface area (TPSA) is 87.7 Å². The number of carboxylic acids is 1. The van der Waals surface area contributed by atoms with Gasteiger partial charge in [0.1, 0.15) is 6.04 Å². The van der Waals surface area contributed by atoms with Crippen molar-refractivity contribution in [2.45, 2.75) is 18.6 Å². The summed E-state index contributed by atoms with van der Waals surface area (Å²) < 4.78 is 36.4. The molecule has 1 aliphatic carbocycles. The van der Waals surface area contributed by atoms with Gasteiger partial charge in [0.15, 0.2) is 0 Å². The summed E-state index contributed by atoms with van der Waals surface area (Å²) >= 11 is 0. The first-order chi connectivity index (χ1) is 8.27. The minimum absolute atomic E-state index is 0.112. The van der Waals surface area contributed by atoms with Crippen LogP contribution in [0.2, 0.25) is 0 Å². The molecule has 9 heteroatoms. The molecule has 2 fully saturated rings. The van der Waals surface area contributed by atoms with E-state index >= 15 is 0 Å². The normalized spacial score (nSPS) is 29.4. The molecule has 0 spiro atoms. The van der Waals surface area contributed by atoms with Crippen molar-refractivity contribution in [3.8, 4) is 0 Å². The van der Waals surface area contributed by atoms with Crippen molar-refractivity contribution in [2.75, 3.05) is 13.7 Å². The molecular formula is C9H13F3N2O4. The molecule has 0 aromatic heterocycles. The number of hydrogen-bond acceptors (Lipinski definition) is 5. The van der Waals surface area contributed by atoms with Crippen molar-refractivity contribution in [2.24, 2.45) is 11.8 Å². The van der Waals surface area contributed by atoms with E-state index in [2.05, 4.69) is 15.6 Å². The minimum Gasteiger partial charge on any atom is -0.475 e. The molecule has 0 radical (unpaired) electrons. The highest BCUT2D eigenvalue weighted by Gasteiger charge is 2.48. The second-order valence-corrected chi connectivity index (χ2v) is 3.99. The zero-order chi connectivity index (χ0) is 13.9. The lowest BCUT2D eigenvalue weighted by molar-refractivity contribution is -0.192. The molecule has 104 valence electrons. The summed E-state index contributed by atoms with van der Waals surface area (Å²) in [6.07, 6.45) is -3.93. The highest BCUT2D eigenvalue weighted by molar-refractivity contribution is 5.76. The molecule has 6 nitrogen and oxygen atoms in total. The maximum absolute atomic E-state index is 11.1. The molecule has 1 heterocycles. The summed E-state index contributed by atoms with van der Waals surface area (Å²) in [4.78, 5) is 20.0. The summed E-state index contributed by atoms with van der Waals surface area (Å²) in [6.45, 7) is 0.984. The third kappa shape index (κ3) is 3.84. The lowest BCUT2D eigenvalue weighted by Crippen LogP contribution is -2.51. The highest BCUT2D eigenvalue weighted by atomic mass is 19.4. The van der Waals surface area contributed by atoms with E-state index in [4.69, 9.17) is 9.90 Å². The number of nitrogens with one attached hydrogen (secondary N) is 2. The largest absolute Gasteiger partial charge is 0.490 e. The average Bonchev–Trinajstić information content (AvgIpc) is 3.06. The van der Waals surface area contributed by atoms with E-state index in [1.165, 1.54) is 7.11 Å². The SMILES string of the molecule is COC(=O)C1NNC[C@H]2C[C@@H]12.O=C(O)C(F)(F)F. The van der Waals surface area contributed by atoms with Gasteiger partial charge in [0, 0.05) is 6.54 Å². The fraction of sp³-hybridized carbons (Fsp3) is 0.778. The highest BCUT2D eigenvalue weighted by Crippen LogP contribution is 2.42. The zero-order valence-corrected chi connectivity index (χ0v) is 9.45. The summed E-state index contributed by atoms with van der Waals surface area (Å²) in [5.41, 5.74) is 5.93. The number of ether oxygens (including phenoxy) is 1. The smallest absolute Gasteiger partial charge is 0.475 e. The van der Waals surface area contributed by atoms with Gasteiger partial charge in [0.05, 0.1) is 7.11 Å². The lowest BCUT2D eigenvalue weighted by Gasteiger charge is -2.21. The van der Waals surface area contributed by atoms with E-state index in [-0.39, 0.29) is 12.0 Å². The van der Waals surface area contributed by atoms with Crippen LogP contribution in [0.5, 0.6) is 0 Å². The van der Waals surface area contributed by atoms with Crippen LogP contribution in [-0.4, -0.2) is 42.9 Å². The molecule has 1 aliphatic heterocycles. The van der Waals surface area contributed by atoms with Crippen LogP contribution in [0.25, 0.3) is 0 Å². The number of hydrazine groups is 1. The van der Waals surface area contributed by atoms with Gasteiger partial charge in [-0.2, -0.15) is 13.2 Å². The number of carboxylic acid groups (broad SMARTS) is 1. The number of carbonyl (C=O) groups is 2. The van der Waals surface area contributed by atoms with E-state index in [0.29, 0.717) is 11.8 Å². The van der Waals surface area contributed by atoms with Crippen molar-refractivity contribution >= 4 is 11.9 Å². The molecule has 2 rings (SSSR count). The van der Waals surface area contributed by atoms with E-state index in [1.54, 1.807) is 0 Å². The Morgan fingerprint density at radius 1 is 1.39 bits per heavy atom. The van der Waals surface area contributed by atoms with Gasteiger partial charge < -0.3 is 9.84 Å². The minimum atomic E-state index is -5.08. The fourth-order valence-corrected chi connectivity index (χ4v) is 1.68. The van der Waals surface area contributed by atoms with Crippen LogP contribution < -0.4 is 10.9 Å². The van der Waals surface area contributed by atoms with Crippen molar-refractivity contribution < 1.29 is 32.6 Å². The van der Waals surface area contributed by atoms with E-state index < -0.39 is 12.1 Å². The first kappa shape index (κ1) is 14.7. The maximum Gasteiger partial charge on any atom is 0.490 e. The summed E-state index contributed by atoms with van der Waals surface area (Å²) in [6, 6.07) is -0.112. The first-order valence-corrected chi connectivity index (χ1v) is 5.13. The quantitative estimate of drug-likeness (QED) is 0.577. The monoisotopic (exact) mass is 270 g/mol. The standard InChI is InChI=1S/C7H12N2O2.C2HF3O2/c1-11-7(10)6-5-2-4(5)3-8-9-6;3-2(4,5)1(6)7/h4-6,8-9H,2-3H2,1H3;(H,6,7)/t4-,5-,6?;/m1./s1. The molecule has 18 heavy (non-hydrogen) atoms. The van der Waals surface area contributed by atoms with Crippen LogP contribution in [0, 0.1) is 11.8 Å². The van der Waals surface area contributed by atoms with E-state index in [1.807, 2.05) is 0 Å². The van der Waals surface area contributed by atoms with Crippen molar-refractivity contribution in [3.05, 3.63) is 0 Å². The molecule has 1 saturated carbocycles. The van der Waals surface area contributed by atoms with Gasteiger partial charge >= 0.3 is 18.1 Å². The Morgan fingerprint density at radius 2 is 1.94 bits per heavy atom. The van der Waals surface area contributed by atoms with E-state index in [0.717, 1.165) is 13.0 Å². The average molecular weight is 270 g/mol. The van der Waals surface area contributed by atoms with Gasteiger partial charge in [0.2, 0.25) is 0 Å². The molecule has 0 bridgehead atoms. The molecule has 0 aromatic rings. The van der Waals surface area contributed by atoms with Crippen LogP contribution in [0.1, 0.15) is 6.42 Å². The third-order valence-electron chi connectivity index (χ3n) is 2.72. The Bertz CT molecular complexity index is 334. The van der Waals surface area contributed by atoms with Crippen LogP contribution in [-0.2, 0) is 14.3 Å². The molecule has 1 unspecified atom stereocenters. The summed E-state index contributed by atoms with van der Waals surface area (Å²) in [7, 11) is 1.43. The number of fused-ring (bicyclic) bond motifs is 1. The molecule has 1 saturated heterocycles. The summed E-state index contributed by atoms with van der Waals surface area (Å²) in [5, 5.41) is 7.12. The third-order valence-corrected chi connectivity index (χ3v) is 2.72. The fourth-order valence-electron chi connectivity index (χ4n) is 1.68. The lowest BCUT2D eigenvalue weighted by atomic mass is 10.1. The molecule has 0 aromatic carbocycles. The predicted octanol–water partition coefficient (Wildman–Crippen LogP) is -0.0948. The van der Waals surface area contributed by atoms with Gasteiger partial charge in [-0.3, -0.25) is 10.2 Å². The van der Waals surface area contributed by atoms with Crippen LogP contribution >= 0.6 is 0 Å². The second-order valence-electron chi connectivity index (χ2n) is 3.99. The number of halogens is 3. The number of carbonyl (C=O) groups excluding carboxylic acids is 1. The van der Waals surface area contributed by atoms with Gasteiger partial charge in [-0.15, -0.1) is 0 Å². The Kier molecular flexibility index (Phi) is 4.52. The Hall–Kier alpha value is -1.35. The number of aliphatic carboxylic acids is 1. The van der Waals surface area contributed by atoms with Gasteiger partial charge in [-0.1, -0.05) is 0 Å². The molecule has 2 aliphatic rings. The predicted molar refractivity (Wildman–Crippen MR) is 52.2 cm³/mol. The molecule has 0 amide bonds. The number of methoxy groups -OCH3 is 1. The Balaban J connectivity index is 0.000000203. The van der Waals surface area contributed by atoms with E-state index in [9.17, 15) is 18.0 Å². The van der Waals surface area contributed by atoms with Crippen LogP contribution in [0.15, 0.2) is 0 Å². The van der Waals surface area contributed by atoms with Crippen LogP contribution in [0.3, 0.4) is 0 Å². The maximum atomic E-state index is 11.1. The first-order valence-electron chi connectivity index (χ1n) is 5.13. The Morgan fingerprint density at radius 3 is 2.39 bits per heavy atom. The van der Waals surface area contributed by atoms with Crippen molar-refractivity contribution in [1.82, 2.24) is 10.9 Å². The van der Waals surface area contributed by atoms with Crippen molar-refractivity contribution in [1.29, 1.82) is 0 Å². The van der Waals surface area contributed by atoms with Crippen molar-refractivity contribution in [3.63, 3.8) is 0 Å². The van der Waals surface area contributed by atoms with Crippen LogP contribution in [0.4, 0.5) is 13.2 Å². The molecular weight excluding hydrogens is 257 g/mol. The Labute approximate surface area is 100 Å². The number of esters is 1. The summed E-state index contributed by atoms with van der Waals surface area (Å²) in [5.74, 6) is -1.69. The van der Waals surface area contributed by atoms with Gasteiger partial charge in [-0.25, -0.2) is 10.2 Å². The number of alkyl halides is 3. The molecule has 3 atom stereocenters. The number of rotatable bonds is 1. The van der Waals surface area contributed by atoms with Gasteiger partial charge in [-0.05, 0) is 18.3 Å². The second kappa shape index (κ2) is 5.53. The van der Waals surface area contributed by atoms with Gasteiger partial charge in [0.25, 0.3) is 0 Å². The molecule has 3 N–H and O–H groups in total.